The van der Waals surface area contributed by atoms with E-state index in [1.807, 2.05) is 50.2 Å². The molecule has 5 aromatic rings. The average molecular weight is 425 g/mol. The van der Waals surface area contributed by atoms with Gasteiger partial charge in [0.1, 0.15) is 17.0 Å². The first-order valence-corrected chi connectivity index (χ1v) is 10.6. The summed E-state index contributed by atoms with van der Waals surface area (Å²) in [7, 11) is 0. The summed E-state index contributed by atoms with van der Waals surface area (Å²) >= 11 is 0. The molecule has 0 fully saturated rings. The number of oxazole rings is 1. The van der Waals surface area contributed by atoms with E-state index in [-0.39, 0.29) is 5.56 Å². The van der Waals surface area contributed by atoms with Gasteiger partial charge >= 0.3 is 0 Å². The normalized spacial score (nSPS) is 11.4. The summed E-state index contributed by atoms with van der Waals surface area (Å²) < 4.78 is 9.20. The van der Waals surface area contributed by atoms with E-state index in [2.05, 4.69) is 36.1 Å². The molecule has 2 aromatic carbocycles. The first kappa shape index (κ1) is 20.0. The molecule has 5 rings (SSSR count). The molecule has 160 valence electrons. The number of nitrogens with zero attached hydrogens (tertiary/aromatic N) is 4. The van der Waals surface area contributed by atoms with Gasteiger partial charge in [-0.2, -0.15) is 5.10 Å². The third-order valence-electron chi connectivity index (χ3n) is 5.99. The third kappa shape index (κ3) is 3.43. The molecule has 0 bridgehead atoms. The number of aromatic nitrogens is 4. The minimum atomic E-state index is -0.116. The highest BCUT2D eigenvalue weighted by atomic mass is 16.4. The highest BCUT2D eigenvalue weighted by Gasteiger charge is 2.15. The van der Waals surface area contributed by atoms with E-state index in [4.69, 9.17) is 4.42 Å². The topological polar surface area (TPSA) is 65.3 Å². The maximum Gasteiger partial charge on any atom is 0.276 e. The highest BCUT2D eigenvalue weighted by Crippen LogP contribution is 2.25. The van der Waals surface area contributed by atoms with Crippen LogP contribution in [0, 0.1) is 27.7 Å². The van der Waals surface area contributed by atoms with Crippen LogP contribution in [0.15, 0.2) is 70.1 Å². The zero-order valence-electron chi connectivity index (χ0n) is 18.6. The number of aryl methyl sites for hydroxylation is 4. The summed E-state index contributed by atoms with van der Waals surface area (Å²) in [5.74, 6) is 1.28. The number of rotatable bonds is 4. The summed E-state index contributed by atoms with van der Waals surface area (Å²) in [6.45, 7) is 8.40. The molecular weight excluding hydrogens is 400 g/mol. The number of fused-ring (bicyclic) bond motifs is 1. The molecule has 3 heterocycles. The SMILES string of the molecule is Cc1ccc(-c2cc3c(=O)n(Cc4nc(-c5ccccc5C)oc4C)ccn3n2)cc1C. The monoisotopic (exact) mass is 424 g/mol. The Bertz CT molecular complexity index is 1520. The second kappa shape index (κ2) is 7.64. The Morgan fingerprint density at radius 2 is 1.72 bits per heavy atom. The Morgan fingerprint density at radius 1 is 0.906 bits per heavy atom. The highest BCUT2D eigenvalue weighted by molar-refractivity contribution is 5.66. The van der Waals surface area contributed by atoms with Crippen LogP contribution in [0.25, 0.3) is 28.2 Å². The van der Waals surface area contributed by atoms with E-state index < -0.39 is 0 Å². The average Bonchev–Trinajstić information content (AvgIpc) is 3.37. The Kier molecular flexibility index (Phi) is 4.78. The van der Waals surface area contributed by atoms with Gasteiger partial charge in [0, 0.05) is 23.5 Å². The molecule has 6 heteroatoms. The van der Waals surface area contributed by atoms with Crippen LogP contribution in [0.5, 0.6) is 0 Å². The maximum atomic E-state index is 13.2. The van der Waals surface area contributed by atoms with Crippen molar-refractivity contribution in [1.29, 1.82) is 0 Å². The lowest BCUT2D eigenvalue weighted by molar-refractivity contribution is 0.537. The van der Waals surface area contributed by atoms with Gasteiger partial charge in [0.2, 0.25) is 5.89 Å². The number of hydrogen-bond donors (Lipinski definition) is 0. The van der Waals surface area contributed by atoms with E-state index >= 15 is 0 Å². The molecule has 0 aliphatic carbocycles. The molecule has 0 aliphatic rings. The molecule has 0 N–H and O–H groups in total. The minimum absolute atomic E-state index is 0.116. The first-order valence-electron chi connectivity index (χ1n) is 10.6. The predicted molar refractivity (Wildman–Crippen MR) is 125 cm³/mol. The molecule has 0 saturated heterocycles. The molecular formula is C26H24N4O2. The van der Waals surface area contributed by atoms with Crippen molar-refractivity contribution in [1.82, 2.24) is 19.2 Å². The summed E-state index contributed by atoms with van der Waals surface area (Å²) in [5.41, 5.74) is 7.41. The fraction of sp³-hybridized carbons (Fsp3) is 0.192. The van der Waals surface area contributed by atoms with Gasteiger partial charge in [0.15, 0.2) is 0 Å². The van der Waals surface area contributed by atoms with Crippen LogP contribution in [0.4, 0.5) is 0 Å². The largest absolute Gasteiger partial charge is 0.441 e. The second-order valence-corrected chi connectivity index (χ2v) is 8.23. The van der Waals surface area contributed by atoms with Gasteiger partial charge in [0.05, 0.1) is 12.2 Å². The van der Waals surface area contributed by atoms with Crippen LogP contribution in [0.1, 0.15) is 28.1 Å². The van der Waals surface area contributed by atoms with Crippen LogP contribution < -0.4 is 5.56 Å². The standard InChI is InChI=1S/C26H24N4O2/c1-16-9-10-20(13-18(16)3)22-14-24-26(31)29(11-12-30(24)28-22)15-23-19(4)32-25(27-23)21-8-6-5-7-17(21)2/h5-14H,15H2,1-4H3. The van der Waals surface area contributed by atoms with Crippen LogP contribution in [-0.4, -0.2) is 19.2 Å². The van der Waals surface area contributed by atoms with Crippen molar-refractivity contribution in [3.05, 3.63) is 99.4 Å². The van der Waals surface area contributed by atoms with Gasteiger partial charge in [0.25, 0.3) is 5.56 Å². The predicted octanol–water partition coefficient (Wildman–Crippen LogP) is 5.10. The maximum absolute atomic E-state index is 13.2. The lowest BCUT2D eigenvalue weighted by Gasteiger charge is -2.04. The summed E-state index contributed by atoms with van der Waals surface area (Å²) in [4.78, 5) is 17.9. The van der Waals surface area contributed by atoms with Gasteiger partial charge in [-0.3, -0.25) is 4.79 Å². The first-order chi connectivity index (χ1) is 15.4. The van der Waals surface area contributed by atoms with Crippen molar-refractivity contribution in [3.63, 3.8) is 0 Å². The molecule has 0 saturated carbocycles. The van der Waals surface area contributed by atoms with Crippen molar-refractivity contribution in [2.75, 3.05) is 0 Å². The summed E-state index contributed by atoms with van der Waals surface area (Å²) in [6.07, 6.45) is 3.55. The number of hydrogen-bond acceptors (Lipinski definition) is 4. The lowest BCUT2D eigenvalue weighted by atomic mass is 10.0. The summed E-state index contributed by atoms with van der Waals surface area (Å²) in [6, 6.07) is 16.0. The lowest BCUT2D eigenvalue weighted by Crippen LogP contribution is -2.22. The zero-order chi connectivity index (χ0) is 22.4. The van der Waals surface area contributed by atoms with Gasteiger partial charge in [-0.05, 0) is 62.6 Å². The van der Waals surface area contributed by atoms with Crippen molar-refractivity contribution < 1.29 is 4.42 Å². The van der Waals surface area contributed by atoms with Gasteiger partial charge in [-0.25, -0.2) is 9.50 Å². The molecule has 32 heavy (non-hydrogen) atoms. The van der Waals surface area contributed by atoms with E-state index in [1.165, 1.54) is 11.1 Å². The molecule has 0 radical (unpaired) electrons. The van der Waals surface area contributed by atoms with Crippen LogP contribution in [-0.2, 0) is 6.54 Å². The van der Waals surface area contributed by atoms with Gasteiger partial charge in [-0.15, -0.1) is 0 Å². The smallest absolute Gasteiger partial charge is 0.276 e. The fourth-order valence-corrected chi connectivity index (χ4v) is 3.86. The molecule has 6 nitrogen and oxygen atoms in total. The van der Waals surface area contributed by atoms with Gasteiger partial charge < -0.3 is 8.98 Å². The van der Waals surface area contributed by atoms with Crippen molar-refractivity contribution >= 4 is 5.52 Å². The van der Waals surface area contributed by atoms with Crippen LogP contribution in [0.3, 0.4) is 0 Å². The molecule has 0 amide bonds. The molecule has 0 aliphatic heterocycles. The summed E-state index contributed by atoms with van der Waals surface area (Å²) in [5, 5.41) is 4.60. The van der Waals surface area contributed by atoms with E-state index in [0.29, 0.717) is 23.7 Å². The van der Waals surface area contributed by atoms with Crippen molar-refractivity contribution in [2.24, 2.45) is 0 Å². The Labute approximate surface area is 185 Å². The van der Waals surface area contributed by atoms with Crippen LogP contribution >= 0.6 is 0 Å². The Morgan fingerprint density at radius 3 is 2.50 bits per heavy atom. The minimum Gasteiger partial charge on any atom is -0.441 e. The number of benzene rings is 2. The molecule has 0 unspecified atom stereocenters. The van der Waals surface area contributed by atoms with Crippen molar-refractivity contribution in [3.8, 4) is 22.7 Å². The molecule has 3 aromatic heterocycles. The quantitative estimate of drug-likeness (QED) is 0.403. The van der Waals surface area contributed by atoms with Crippen LogP contribution in [0.2, 0.25) is 0 Å². The fourth-order valence-electron chi connectivity index (χ4n) is 3.86. The van der Waals surface area contributed by atoms with E-state index in [9.17, 15) is 4.79 Å². The Hall–Kier alpha value is -3.93. The second-order valence-electron chi connectivity index (χ2n) is 8.23. The van der Waals surface area contributed by atoms with E-state index in [0.717, 1.165) is 28.1 Å². The van der Waals surface area contributed by atoms with E-state index in [1.54, 1.807) is 21.5 Å². The Balaban J connectivity index is 1.51. The molecule has 0 atom stereocenters. The third-order valence-corrected chi connectivity index (χ3v) is 5.99. The zero-order valence-corrected chi connectivity index (χ0v) is 18.6. The van der Waals surface area contributed by atoms with Crippen molar-refractivity contribution in [2.45, 2.75) is 34.2 Å². The van der Waals surface area contributed by atoms with Gasteiger partial charge in [-0.1, -0.05) is 30.3 Å². The molecule has 0 spiro atoms.